The van der Waals surface area contributed by atoms with Crippen LogP contribution in [0, 0.1) is 12.8 Å². The summed E-state index contributed by atoms with van der Waals surface area (Å²) < 4.78 is 0. The third kappa shape index (κ3) is 6.28. The maximum atomic E-state index is 13.8. The molecule has 37 heavy (non-hydrogen) atoms. The first-order chi connectivity index (χ1) is 17.7. The second-order valence-electron chi connectivity index (χ2n) is 9.72. The number of rotatable bonds is 7. The Hall–Kier alpha value is -3.46. The fraction of sp³-hybridized carbons (Fsp3) is 0.444. The molecule has 2 aromatic rings. The van der Waals surface area contributed by atoms with Crippen LogP contribution in [-0.4, -0.2) is 68.9 Å². The molecule has 2 N–H and O–H groups in total. The maximum absolute atomic E-state index is 13.8. The van der Waals surface area contributed by atoms with Crippen LogP contribution in [0.2, 0.25) is 5.15 Å². The van der Waals surface area contributed by atoms with Gasteiger partial charge in [-0.2, -0.15) is 0 Å². The molecule has 2 fully saturated rings. The van der Waals surface area contributed by atoms with Crippen LogP contribution in [0.15, 0.2) is 42.6 Å². The number of nitrogens with zero attached hydrogens (tertiary/aromatic N) is 3. The second-order valence-corrected chi connectivity index (χ2v) is 10.1. The quantitative estimate of drug-likeness (QED) is 0.533. The SMILES string of the molecule is Cc1cccc(C(=O)N2CCN(C(=O)c3ccc(Cl)nc3)C2C(=O)NC(CC(=O)O)C2CCCCC2)c1. The van der Waals surface area contributed by atoms with Crippen molar-refractivity contribution < 1.29 is 24.3 Å². The van der Waals surface area contributed by atoms with Crippen LogP contribution >= 0.6 is 11.6 Å². The van der Waals surface area contributed by atoms with E-state index in [1.807, 2.05) is 13.0 Å². The van der Waals surface area contributed by atoms with Gasteiger partial charge in [-0.1, -0.05) is 48.6 Å². The van der Waals surface area contributed by atoms with E-state index in [1.54, 1.807) is 18.2 Å². The standard InChI is InChI=1S/C27H31ClN4O5/c1-17-6-5-9-19(14-17)26(36)31-12-13-32(27(37)20-10-11-22(28)29-16-20)25(31)24(35)30-21(15-23(33)34)18-7-3-2-4-8-18/h5-6,9-11,14,16,18,21,25H,2-4,7-8,12-13,15H2,1H3,(H,30,35)(H,33,34). The third-order valence-electron chi connectivity index (χ3n) is 7.11. The lowest BCUT2D eigenvalue weighted by atomic mass is 9.82. The summed E-state index contributed by atoms with van der Waals surface area (Å²) in [5.74, 6) is -2.38. The van der Waals surface area contributed by atoms with Gasteiger partial charge in [-0.25, -0.2) is 4.98 Å². The number of aromatic nitrogens is 1. The number of aryl methyl sites for hydroxylation is 1. The van der Waals surface area contributed by atoms with Gasteiger partial charge in [0.1, 0.15) is 5.15 Å². The van der Waals surface area contributed by atoms with Crippen LogP contribution in [0.4, 0.5) is 0 Å². The summed E-state index contributed by atoms with van der Waals surface area (Å²) in [6, 6.07) is 9.47. The fourth-order valence-corrected chi connectivity index (χ4v) is 5.38. The summed E-state index contributed by atoms with van der Waals surface area (Å²) >= 11 is 5.87. The van der Waals surface area contributed by atoms with Gasteiger partial charge in [-0.15, -0.1) is 0 Å². The van der Waals surface area contributed by atoms with Crippen molar-refractivity contribution in [1.82, 2.24) is 20.1 Å². The van der Waals surface area contributed by atoms with Gasteiger partial charge < -0.3 is 20.2 Å². The molecule has 3 amide bonds. The van der Waals surface area contributed by atoms with E-state index in [0.29, 0.717) is 5.56 Å². The molecule has 2 aliphatic rings. The maximum Gasteiger partial charge on any atom is 0.305 e. The molecule has 9 nitrogen and oxygen atoms in total. The third-order valence-corrected chi connectivity index (χ3v) is 7.33. The van der Waals surface area contributed by atoms with Crippen LogP contribution in [0.1, 0.15) is 64.8 Å². The molecule has 10 heteroatoms. The minimum atomic E-state index is -1.23. The number of hydrogen-bond acceptors (Lipinski definition) is 5. The van der Waals surface area contributed by atoms with E-state index in [9.17, 15) is 24.3 Å². The van der Waals surface area contributed by atoms with Crippen molar-refractivity contribution >= 4 is 35.3 Å². The largest absolute Gasteiger partial charge is 0.481 e. The predicted molar refractivity (Wildman–Crippen MR) is 137 cm³/mol. The number of amides is 3. The van der Waals surface area contributed by atoms with Gasteiger partial charge in [0.05, 0.1) is 12.0 Å². The van der Waals surface area contributed by atoms with Crippen molar-refractivity contribution in [2.75, 3.05) is 13.1 Å². The summed E-state index contributed by atoms with van der Waals surface area (Å²) in [4.78, 5) is 59.0. The van der Waals surface area contributed by atoms with E-state index in [2.05, 4.69) is 10.3 Å². The van der Waals surface area contributed by atoms with Crippen molar-refractivity contribution in [1.29, 1.82) is 0 Å². The lowest BCUT2D eigenvalue weighted by Gasteiger charge is -2.34. The van der Waals surface area contributed by atoms with Crippen molar-refractivity contribution in [2.45, 2.75) is 57.7 Å². The van der Waals surface area contributed by atoms with E-state index in [1.165, 1.54) is 28.1 Å². The molecule has 1 aliphatic heterocycles. The van der Waals surface area contributed by atoms with Crippen molar-refractivity contribution in [3.05, 3.63) is 64.4 Å². The Labute approximate surface area is 220 Å². The molecule has 0 bridgehead atoms. The molecule has 0 spiro atoms. The minimum Gasteiger partial charge on any atom is -0.481 e. The van der Waals surface area contributed by atoms with Crippen LogP contribution in [0.25, 0.3) is 0 Å². The van der Waals surface area contributed by atoms with Crippen LogP contribution in [-0.2, 0) is 9.59 Å². The topological polar surface area (TPSA) is 120 Å². The zero-order chi connectivity index (χ0) is 26.5. The first kappa shape index (κ1) is 26.6. The number of hydrogen-bond donors (Lipinski definition) is 2. The Balaban J connectivity index is 1.64. The Bertz CT molecular complexity index is 1170. The Morgan fingerprint density at radius 1 is 1.03 bits per heavy atom. The normalized spacial score (nSPS) is 18.9. The highest BCUT2D eigenvalue weighted by molar-refractivity contribution is 6.29. The molecule has 4 rings (SSSR count). The summed E-state index contributed by atoms with van der Waals surface area (Å²) in [6.45, 7) is 2.17. The van der Waals surface area contributed by atoms with Crippen molar-refractivity contribution in [3.63, 3.8) is 0 Å². The molecule has 196 valence electrons. The molecule has 1 aromatic carbocycles. The first-order valence-corrected chi connectivity index (χ1v) is 12.9. The Kier molecular flexibility index (Phi) is 8.43. The van der Waals surface area contributed by atoms with Gasteiger partial charge >= 0.3 is 5.97 Å². The number of benzene rings is 1. The van der Waals surface area contributed by atoms with E-state index in [-0.39, 0.29) is 42.1 Å². The molecule has 2 heterocycles. The van der Waals surface area contributed by atoms with Crippen LogP contribution < -0.4 is 5.32 Å². The van der Waals surface area contributed by atoms with Crippen molar-refractivity contribution in [2.24, 2.45) is 5.92 Å². The highest BCUT2D eigenvalue weighted by atomic mass is 35.5. The highest BCUT2D eigenvalue weighted by Crippen LogP contribution is 2.29. The zero-order valence-electron chi connectivity index (χ0n) is 20.7. The zero-order valence-corrected chi connectivity index (χ0v) is 21.5. The Morgan fingerprint density at radius 3 is 2.30 bits per heavy atom. The molecular weight excluding hydrogens is 496 g/mol. The lowest BCUT2D eigenvalue weighted by molar-refractivity contribution is -0.138. The minimum absolute atomic E-state index is 0.0285. The van der Waals surface area contributed by atoms with Gasteiger partial charge in [-0.05, 0) is 49.9 Å². The second kappa shape index (κ2) is 11.7. The molecular formula is C27H31ClN4O5. The molecule has 0 radical (unpaired) electrons. The smallest absolute Gasteiger partial charge is 0.305 e. The number of carboxylic acids is 1. The molecule has 1 aliphatic carbocycles. The average molecular weight is 527 g/mol. The lowest BCUT2D eigenvalue weighted by Crippen LogP contribution is -2.57. The number of carboxylic acid groups (broad SMARTS) is 1. The number of nitrogens with one attached hydrogen (secondary N) is 1. The van der Waals surface area contributed by atoms with Gasteiger partial charge in [0, 0.05) is 30.9 Å². The van der Waals surface area contributed by atoms with Gasteiger partial charge in [0.15, 0.2) is 6.17 Å². The number of carbonyl (C=O) groups is 4. The van der Waals surface area contributed by atoms with Crippen molar-refractivity contribution in [3.8, 4) is 0 Å². The van der Waals surface area contributed by atoms with E-state index in [4.69, 9.17) is 11.6 Å². The molecule has 1 saturated carbocycles. The van der Waals surface area contributed by atoms with Crippen LogP contribution in [0.3, 0.4) is 0 Å². The van der Waals surface area contributed by atoms with Crippen LogP contribution in [0.5, 0.6) is 0 Å². The molecule has 2 unspecified atom stereocenters. The number of carbonyl (C=O) groups excluding carboxylic acids is 3. The summed E-state index contributed by atoms with van der Waals surface area (Å²) in [6.07, 6.45) is 4.59. The summed E-state index contributed by atoms with van der Waals surface area (Å²) in [7, 11) is 0. The monoisotopic (exact) mass is 526 g/mol. The summed E-state index contributed by atoms with van der Waals surface area (Å²) in [5.41, 5.74) is 1.54. The molecule has 1 saturated heterocycles. The number of aliphatic carboxylic acids is 1. The molecule has 1 aromatic heterocycles. The first-order valence-electron chi connectivity index (χ1n) is 12.6. The average Bonchev–Trinajstić information content (AvgIpc) is 3.33. The number of pyridine rings is 1. The van der Waals surface area contributed by atoms with E-state index < -0.39 is 30.0 Å². The molecule has 2 atom stereocenters. The van der Waals surface area contributed by atoms with Gasteiger partial charge in [0.2, 0.25) is 0 Å². The fourth-order valence-electron chi connectivity index (χ4n) is 5.27. The predicted octanol–water partition coefficient (Wildman–Crippen LogP) is 3.51. The van der Waals surface area contributed by atoms with Gasteiger partial charge in [0.25, 0.3) is 17.7 Å². The van der Waals surface area contributed by atoms with Gasteiger partial charge in [-0.3, -0.25) is 19.2 Å². The Morgan fingerprint density at radius 2 is 1.70 bits per heavy atom. The van der Waals surface area contributed by atoms with E-state index in [0.717, 1.165) is 37.7 Å². The summed E-state index contributed by atoms with van der Waals surface area (Å²) in [5, 5.41) is 12.7. The highest BCUT2D eigenvalue weighted by Gasteiger charge is 2.44. The number of halogens is 1. The van der Waals surface area contributed by atoms with E-state index >= 15 is 0 Å².